The van der Waals surface area contributed by atoms with E-state index in [1.165, 1.54) is 12.1 Å². The summed E-state index contributed by atoms with van der Waals surface area (Å²) >= 11 is 7.90. The third-order valence-electron chi connectivity index (χ3n) is 9.92. The molecule has 0 bridgehead atoms. The molecule has 0 radical (unpaired) electrons. The van der Waals surface area contributed by atoms with Crippen LogP contribution in [-0.2, 0) is 0 Å². The number of ether oxygens (including phenoxy) is 2. The number of nitrogens with zero attached hydrogens (tertiary/aromatic N) is 5. The molecule has 3 aliphatic heterocycles. The van der Waals surface area contributed by atoms with Crippen LogP contribution in [0, 0.1) is 28.9 Å². The summed E-state index contributed by atoms with van der Waals surface area (Å²) in [4.78, 5) is 13.6. The molecule has 8 nitrogen and oxygen atoms in total. The molecular formula is C33H30ClF3N6O2S. The van der Waals surface area contributed by atoms with E-state index in [0.29, 0.717) is 12.5 Å². The normalized spacial score (nSPS) is 27.0. The molecule has 46 heavy (non-hydrogen) atoms. The molecule has 5 heterocycles. The van der Waals surface area contributed by atoms with Gasteiger partial charge in [0.25, 0.3) is 0 Å². The van der Waals surface area contributed by atoms with Crippen LogP contribution in [0.15, 0.2) is 24.8 Å². The average Bonchev–Trinajstić information content (AvgIpc) is 3.34. The van der Waals surface area contributed by atoms with Crippen molar-refractivity contribution in [3.63, 3.8) is 0 Å². The molecule has 2 N–H and O–H groups in total. The van der Waals surface area contributed by atoms with E-state index in [4.69, 9.17) is 31.8 Å². The van der Waals surface area contributed by atoms with Gasteiger partial charge < -0.3 is 20.1 Å². The standard InChI is InChI=1S/C33H30ClF3N6O2S/c1-3-16-13-44-28-24-27(26(37)23(25(28)34)17-5-6-19(35)29-22(17)18(11-38)30(39)46-29)40-32(41-31(24)43(16)21-9-20(21)36)45-14-33-7-4-8-42(33)12-15(2)10-33/h3,5-6,15-16,20-21H,1,4,7-10,12-14,39H2,2H3/t15?,16?,20?,21?,33-/m0/s1. The summed E-state index contributed by atoms with van der Waals surface area (Å²) < 4.78 is 59.5. The van der Waals surface area contributed by atoms with Crippen LogP contribution in [0.3, 0.4) is 0 Å². The van der Waals surface area contributed by atoms with E-state index < -0.39 is 29.9 Å². The minimum absolute atomic E-state index is 0.0241. The molecule has 4 unspecified atom stereocenters. The summed E-state index contributed by atoms with van der Waals surface area (Å²) in [6, 6.07) is 3.51. The number of halogens is 4. The second-order valence-electron chi connectivity index (χ2n) is 12.8. The van der Waals surface area contributed by atoms with Crippen molar-refractivity contribution in [2.75, 3.05) is 36.9 Å². The number of nitrogen functional groups attached to an aromatic ring is 1. The van der Waals surface area contributed by atoms with E-state index in [-0.39, 0.29) is 83.8 Å². The van der Waals surface area contributed by atoms with Crippen LogP contribution in [-0.4, -0.2) is 65.0 Å². The quantitative estimate of drug-likeness (QED) is 0.219. The first-order chi connectivity index (χ1) is 22.2. The molecule has 238 valence electrons. The summed E-state index contributed by atoms with van der Waals surface area (Å²) in [5.41, 5.74) is 5.86. The van der Waals surface area contributed by atoms with E-state index >= 15 is 4.39 Å². The Morgan fingerprint density at radius 3 is 2.87 bits per heavy atom. The van der Waals surface area contributed by atoms with Gasteiger partial charge in [-0.1, -0.05) is 30.7 Å². The fraction of sp³-hybridized carbons (Fsp3) is 0.424. The average molecular weight is 667 g/mol. The number of anilines is 2. The first-order valence-electron chi connectivity index (χ1n) is 15.3. The van der Waals surface area contributed by atoms with Crippen molar-refractivity contribution < 1.29 is 22.6 Å². The number of thiophene rings is 1. The molecule has 2 aromatic heterocycles. The molecular weight excluding hydrogens is 637 g/mol. The lowest BCUT2D eigenvalue weighted by molar-refractivity contribution is 0.107. The first kappa shape index (κ1) is 29.6. The molecule has 2 saturated heterocycles. The summed E-state index contributed by atoms with van der Waals surface area (Å²) in [6.45, 7) is 8.52. The second-order valence-corrected chi connectivity index (χ2v) is 14.3. The van der Waals surface area contributed by atoms with Crippen LogP contribution in [0.1, 0.15) is 38.2 Å². The van der Waals surface area contributed by atoms with Crippen molar-refractivity contribution in [3.05, 3.63) is 47.0 Å². The number of benzene rings is 2. The maximum absolute atomic E-state index is 17.1. The zero-order valence-corrected chi connectivity index (χ0v) is 26.5. The molecule has 5 atom stereocenters. The van der Waals surface area contributed by atoms with Gasteiger partial charge in [0.1, 0.15) is 47.6 Å². The van der Waals surface area contributed by atoms with Crippen molar-refractivity contribution in [1.82, 2.24) is 14.9 Å². The maximum Gasteiger partial charge on any atom is 0.319 e. The lowest BCUT2D eigenvalue weighted by Gasteiger charge is -2.32. The van der Waals surface area contributed by atoms with Gasteiger partial charge >= 0.3 is 6.01 Å². The fourth-order valence-corrected chi connectivity index (χ4v) is 9.10. The zero-order chi connectivity index (χ0) is 32.1. The Labute approximate surface area is 272 Å². The van der Waals surface area contributed by atoms with Crippen molar-refractivity contribution in [2.45, 2.75) is 56.4 Å². The van der Waals surface area contributed by atoms with Gasteiger partial charge in [-0.25, -0.2) is 13.2 Å². The summed E-state index contributed by atoms with van der Waals surface area (Å²) in [6.07, 6.45) is 3.82. The van der Waals surface area contributed by atoms with E-state index in [0.717, 1.165) is 43.7 Å². The van der Waals surface area contributed by atoms with Gasteiger partial charge in [-0.2, -0.15) is 15.2 Å². The molecule has 0 amide bonds. The molecule has 4 aromatic rings. The van der Waals surface area contributed by atoms with E-state index in [9.17, 15) is 14.0 Å². The minimum Gasteiger partial charge on any atom is -0.489 e. The number of hydrogen-bond acceptors (Lipinski definition) is 9. The van der Waals surface area contributed by atoms with Gasteiger partial charge in [0.15, 0.2) is 11.6 Å². The highest BCUT2D eigenvalue weighted by molar-refractivity contribution is 7.23. The summed E-state index contributed by atoms with van der Waals surface area (Å²) in [5, 5.41) is 10.2. The molecule has 13 heteroatoms. The number of aromatic nitrogens is 2. The topological polar surface area (TPSA) is 101 Å². The first-order valence-corrected chi connectivity index (χ1v) is 16.5. The van der Waals surface area contributed by atoms with Crippen LogP contribution in [0.25, 0.3) is 32.1 Å². The van der Waals surface area contributed by atoms with Gasteiger partial charge in [-0.3, -0.25) is 4.90 Å². The number of nitrogens with two attached hydrogens (primary N) is 1. The number of alkyl halides is 1. The Morgan fingerprint density at radius 2 is 2.13 bits per heavy atom. The van der Waals surface area contributed by atoms with Crippen LogP contribution in [0.4, 0.5) is 24.0 Å². The highest BCUT2D eigenvalue weighted by atomic mass is 35.5. The maximum atomic E-state index is 17.1. The predicted molar refractivity (Wildman–Crippen MR) is 172 cm³/mol. The number of hydrogen-bond donors (Lipinski definition) is 1. The lowest BCUT2D eigenvalue weighted by Crippen LogP contribution is -2.43. The van der Waals surface area contributed by atoms with E-state index in [1.807, 2.05) is 6.07 Å². The lowest BCUT2D eigenvalue weighted by atomic mass is 9.92. The zero-order valence-electron chi connectivity index (χ0n) is 25.0. The van der Waals surface area contributed by atoms with Gasteiger partial charge in [0.05, 0.1) is 38.3 Å². The smallest absolute Gasteiger partial charge is 0.319 e. The van der Waals surface area contributed by atoms with Crippen molar-refractivity contribution >= 4 is 54.7 Å². The van der Waals surface area contributed by atoms with Crippen LogP contribution in [0.5, 0.6) is 11.8 Å². The second kappa shape index (κ2) is 10.6. The Kier molecular flexibility index (Phi) is 6.83. The van der Waals surface area contributed by atoms with Crippen LogP contribution < -0.4 is 20.1 Å². The van der Waals surface area contributed by atoms with Gasteiger partial charge in [0.2, 0.25) is 0 Å². The minimum atomic E-state index is -1.11. The third-order valence-corrected chi connectivity index (χ3v) is 11.3. The highest BCUT2D eigenvalue weighted by Gasteiger charge is 2.49. The number of rotatable bonds is 6. The highest BCUT2D eigenvalue weighted by Crippen LogP contribution is 2.52. The fourth-order valence-electron chi connectivity index (χ4n) is 7.82. The third kappa shape index (κ3) is 4.28. The monoisotopic (exact) mass is 666 g/mol. The molecule has 3 fully saturated rings. The molecule has 0 spiro atoms. The van der Waals surface area contributed by atoms with Gasteiger partial charge in [0, 0.05) is 23.9 Å². The van der Waals surface area contributed by atoms with E-state index in [1.54, 1.807) is 11.0 Å². The van der Waals surface area contributed by atoms with Gasteiger partial charge in [-0.15, -0.1) is 17.9 Å². The molecule has 2 aromatic carbocycles. The molecule has 8 rings (SSSR count). The van der Waals surface area contributed by atoms with Crippen molar-refractivity contribution in [3.8, 4) is 29.0 Å². The molecule has 1 aliphatic carbocycles. The van der Waals surface area contributed by atoms with E-state index in [2.05, 4.69) is 23.4 Å². The van der Waals surface area contributed by atoms with Crippen molar-refractivity contribution in [1.29, 1.82) is 5.26 Å². The largest absolute Gasteiger partial charge is 0.489 e. The van der Waals surface area contributed by atoms with Crippen LogP contribution in [0.2, 0.25) is 5.02 Å². The molecule has 1 saturated carbocycles. The predicted octanol–water partition coefficient (Wildman–Crippen LogP) is 7.01. The summed E-state index contributed by atoms with van der Waals surface area (Å²) in [7, 11) is 0. The Bertz CT molecular complexity index is 2000. The number of nitriles is 1. The van der Waals surface area contributed by atoms with Crippen molar-refractivity contribution in [2.24, 2.45) is 5.92 Å². The molecule has 4 aliphatic rings. The Hall–Kier alpha value is -3.79. The van der Waals surface area contributed by atoms with Gasteiger partial charge in [-0.05, 0) is 43.4 Å². The SMILES string of the molecule is C=CC1COc2c(Cl)c(-c3ccc(F)c4sc(N)c(C#N)c34)c(F)c3nc(OC[C@@]45CCCN4CC(C)C5)nc(c23)N1C1CC1F. The van der Waals surface area contributed by atoms with Crippen LogP contribution >= 0.6 is 22.9 Å². The Balaban J connectivity index is 1.36. The summed E-state index contributed by atoms with van der Waals surface area (Å²) in [5.74, 6) is -0.561. The Morgan fingerprint density at radius 1 is 1.33 bits per heavy atom. The number of fused-ring (bicyclic) bond motifs is 2.